The van der Waals surface area contributed by atoms with Crippen molar-refractivity contribution in [2.75, 3.05) is 5.73 Å². The van der Waals surface area contributed by atoms with Crippen LogP contribution in [0, 0.1) is 0 Å². The second-order valence-electron chi connectivity index (χ2n) is 5.54. The third-order valence-electron chi connectivity index (χ3n) is 3.30. The number of imidazole rings is 1. The maximum atomic E-state index is 6.17. The highest BCUT2D eigenvalue weighted by atomic mass is 15.2. The topological polar surface area (TPSA) is 43.8 Å². The molecule has 15 heavy (non-hydrogen) atoms. The van der Waals surface area contributed by atoms with Gasteiger partial charge in [0, 0.05) is 11.5 Å². The summed E-state index contributed by atoms with van der Waals surface area (Å²) in [4.78, 5) is 4.50. The average Bonchev–Trinajstić information content (AvgIpc) is 2.69. The normalized spacial score (nSPS) is 18.6. The molecule has 0 amide bonds. The molecule has 1 aliphatic rings. The molecule has 2 N–H and O–H groups in total. The molecule has 1 heterocycles. The number of anilines is 1. The van der Waals surface area contributed by atoms with Gasteiger partial charge < -0.3 is 10.3 Å². The fraction of sp³-hybridized carbons (Fsp3) is 0.750. The minimum Gasteiger partial charge on any atom is -0.384 e. The van der Waals surface area contributed by atoms with E-state index >= 15 is 0 Å². The first-order chi connectivity index (χ1) is 7.00. The number of aromatic nitrogens is 2. The van der Waals surface area contributed by atoms with Gasteiger partial charge in [0.1, 0.15) is 5.82 Å². The molecule has 1 aliphatic carbocycles. The molecule has 0 radical (unpaired) electrons. The summed E-state index contributed by atoms with van der Waals surface area (Å²) in [6.45, 7) is 6.47. The van der Waals surface area contributed by atoms with Gasteiger partial charge >= 0.3 is 0 Å². The van der Waals surface area contributed by atoms with Crippen LogP contribution in [0.1, 0.15) is 58.1 Å². The van der Waals surface area contributed by atoms with Gasteiger partial charge in [-0.15, -0.1) is 0 Å². The lowest BCUT2D eigenvalue weighted by Crippen LogP contribution is -2.22. The molecule has 1 saturated carbocycles. The Hall–Kier alpha value is -0.990. The Kier molecular flexibility index (Phi) is 2.49. The summed E-state index contributed by atoms with van der Waals surface area (Å²) < 4.78 is 2.08. The summed E-state index contributed by atoms with van der Waals surface area (Å²) in [6, 6.07) is 0. The molecular weight excluding hydrogens is 186 g/mol. The predicted molar refractivity (Wildman–Crippen MR) is 62.8 cm³/mol. The van der Waals surface area contributed by atoms with Crippen molar-refractivity contribution >= 4 is 5.82 Å². The van der Waals surface area contributed by atoms with Crippen LogP contribution in [0.3, 0.4) is 0 Å². The van der Waals surface area contributed by atoms with Crippen LogP contribution in [0.5, 0.6) is 0 Å². The van der Waals surface area contributed by atoms with Gasteiger partial charge in [0.2, 0.25) is 0 Å². The van der Waals surface area contributed by atoms with E-state index in [4.69, 9.17) is 5.73 Å². The smallest absolute Gasteiger partial charge is 0.127 e. The zero-order valence-electron chi connectivity index (χ0n) is 9.95. The van der Waals surface area contributed by atoms with Crippen molar-refractivity contribution in [1.82, 2.24) is 9.55 Å². The Bertz CT molecular complexity index is 340. The minimum atomic E-state index is 0.0357. The summed E-state index contributed by atoms with van der Waals surface area (Å²) in [5.74, 6) is 1.48. The third-order valence-corrected chi connectivity index (χ3v) is 3.30. The van der Waals surface area contributed by atoms with Crippen molar-refractivity contribution in [3.05, 3.63) is 12.0 Å². The molecule has 0 spiro atoms. The molecule has 1 fully saturated rings. The molecule has 1 aromatic heterocycles. The number of rotatable bonds is 1. The molecule has 3 heteroatoms. The van der Waals surface area contributed by atoms with Crippen molar-refractivity contribution in [1.29, 1.82) is 0 Å². The van der Waals surface area contributed by atoms with Crippen molar-refractivity contribution in [3.8, 4) is 0 Å². The van der Waals surface area contributed by atoms with Gasteiger partial charge in [-0.3, -0.25) is 0 Å². The van der Waals surface area contributed by atoms with Gasteiger partial charge in [-0.2, -0.15) is 0 Å². The summed E-state index contributed by atoms with van der Waals surface area (Å²) >= 11 is 0. The summed E-state index contributed by atoms with van der Waals surface area (Å²) in [5.41, 5.74) is 7.33. The van der Waals surface area contributed by atoms with Crippen LogP contribution >= 0.6 is 0 Å². The molecule has 0 aliphatic heterocycles. The standard InChI is InChI=1S/C12H21N3/c1-12(2,3)15-8-14-10(11(15)13)9-6-4-5-7-9/h8-9H,4-7,13H2,1-3H3. The van der Waals surface area contributed by atoms with E-state index in [1.165, 1.54) is 25.7 Å². The van der Waals surface area contributed by atoms with Gasteiger partial charge in [-0.1, -0.05) is 12.8 Å². The number of hydrogen-bond acceptors (Lipinski definition) is 2. The largest absolute Gasteiger partial charge is 0.384 e. The molecule has 3 nitrogen and oxygen atoms in total. The lowest BCUT2D eigenvalue weighted by Gasteiger charge is -2.22. The van der Waals surface area contributed by atoms with Crippen LogP contribution in [0.15, 0.2) is 6.33 Å². The first-order valence-electron chi connectivity index (χ1n) is 5.83. The van der Waals surface area contributed by atoms with E-state index in [0.29, 0.717) is 5.92 Å². The molecule has 0 bridgehead atoms. The number of nitrogens with zero attached hydrogens (tertiary/aromatic N) is 2. The van der Waals surface area contributed by atoms with Crippen LogP contribution in [0.4, 0.5) is 5.82 Å². The average molecular weight is 207 g/mol. The van der Waals surface area contributed by atoms with Gasteiger partial charge in [0.25, 0.3) is 0 Å². The van der Waals surface area contributed by atoms with Gasteiger partial charge in [0.15, 0.2) is 0 Å². The minimum absolute atomic E-state index is 0.0357. The van der Waals surface area contributed by atoms with Crippen LogP contribution in [0.25, 0.3) is 0 Å². The zero-order chi connectivity index (χ0) is 11.1. The highest BCUT2D eigenvalue weighted by Crippen LogP contribution is 2.37. The summed E-state index contributed by atoms with van der Waals surface area (Å²) in [6.07, 6.45) is 7.05. The summed E-state index contributed by atoms with van der Waals surface area (Å²) in [5, 5.41) is 0. The van der Waals surface area contributed by atoms with Crippen LogP contribution < -0.4 is 5.73 Å². The first kappa shape index (κ1) is 10.5. The maximum Gasteiger partial charge on any atom is 0.127 e. The van der Waals surface area contributed by atoms with Crippen molar-refractivity contribution in [2.24, 2.45) is 0 Å². The lowest BCUT2D eigenvalue weighted by molar-refractivity contribution is 0.401. The fourth-order valence-corrected chi connectivity index (χ4v) is 2.42. The highest BCUT2D eigenvalue weighted by molar-refractivity contribution is 5.40. The van der Waals surface area contributed by atoms with Crippen LogP contribution in [0.2, 0.25) is 0 Å². The van der Waals surface area contributed by atoms with Gasteiger partial charge in [-0.25, -0.2) is 4.98 Å². The van der Waals surface area contributed by atoms with E-state index in [0.717, 1.165) is 11.5 Å². The van der Waals surface area contributed by atoms with E-state index in [9.17, 15) is 0 Å². The van der Waals surface area contributed by atoms with E-state index in [-0.39, 0.29) is 5.54 Å². The number of hydrogen-bond donors (Lipinski definition) is 1. The Labute approximate surface area is 91.7 Å². The molecule has 1 aromatic rings. The van der Waals surface area contributed by atoms with Gasteiger partial charge in [-0.05, 0) is 33.6 Å². The molecule has 84 valence electrons. The number of nitrogen functional groups attached to an aromatic ring is 1. The number of nitrogens with two attached hydrogens (primary N) is 1. The second-order valence-corrected chi connectivity index (χ2v) is 5.54. The Morgan fingerprint density at radius 3 is 2.40 bits per heavy atom. The SMILES string of the molecule is CC(C)(C)n1cnc(C2CCCC2)c1N. The second kappa shape index (κ2) is 3.54. The Morgan fingerprint density at radius 2 is 1.93 bits per heavy atom. The Morgan fingerprint density at radius 1 is 1.33 bits per heavy atom. The molecule has 0 atom stereocenters. The maximum absolute atomic E-state index is 6.17. The molecule has 2 rings (SSSR count). The molecule has 0 saturated heterocycles. The summed E-state index contributed by atoms with van der Waals surface area (Å²) in [7, 11) is 0. The highest BCUT2D eigenvalue weighted by Gasteiger charge is 2.25. The predicted octanol–water partition coefficient (Wildman–Crippen LogP) is 2.88. The fourth-order valence-electron chi connectivity index (χ4n) is 2.42. The van der Waals surface area contributed by atoms with Crippen molar-refractivity contribution in [3.63, 3.8) is 0 Å². The van der Waals surface area contributed by atoms with Crippen LogP contribution in [-0.2, 0) is 5.54 Å². The monoisotopic (exact) mass is 207 g/mol. The van der Waals surface area contributed by atoms with E-state index in [2.05, 4.69) is 30.3 Å². The molecule has 0 unspecified atom stereocenters. The lowest BCUT2D eigenvalue weighted by atomic mass is 10.0. The van der Waals surface area contributed by atoms with Crippen LogP contribution in [-0.4, -0.2) is 9.55 Å². The van der Waals surface area contributed by atoms with E-state index in [1.54, 1.807) is 0 Å². The third kappa shape index (κ3) is 1.87. The quantitative estimate of drug-likeness (QED) is 0.769. The zero-order valence-corrected chi connectivity index (χ0v) is 9.95. The van der Waals surface area contributed by atoms with E-state index in [1.807, 2.05) is 6.33 Å². The molecule has 0 aromatic carbocycles. The van der Waals surface area contributed by atoms with Crippen molar-refractivity contribution < 1.29 is 0 Å². The first-order valence-corrected chi connectivity index (χ1v) is 5.83. The molecular formula is C12H21N3. The van der Waals surface area contributed by atoms with Crippen molar-refractivity contribution in [2.45, 2.75) is 57.9 Å². The van der Waals surface area contributed by atoms with Gasteiger partial charge in [0.05, 0.1) is 12.0 Å². The van der Waals surface area contributed by atoms with E-state index < -0.39 is 0 Å². The Balaban J connectivity index is 2.31.